The molecule has 0 bridgehead atoms. The van der Waals surface area contributed by atoms with Crippen LogP contribution in [0.1, 0.15) is 36.8 Å². The first-order valence-corrected chi connectivity index (χ1v) is 12.2. The molecular formula is C27H30N2O6. The number of fused-ring (bicyclic) bond motifs is 3. The number of aliphatic carboxylic acids is 1. The Morgan fingerprint density at radius 2 is 1.71 bits per heavy atom. The summed E-state index contributed by atoms with van der Waals surface area (Å²) in [5.41, 5.74) is 4.59. The fourth-order valence-corrected chi connectivity index (χ4v) is 5.67. The van der Waals surface area contributed by atoms with E-state index in [-0.39, 0.29) is 37.7 Å². The largest absolute Gasteiger partial charge is 0.481 e. The van der Waals surface area contributed by atoms with E-state index in [2.05, 4.69) is 29.6 Å². The van der Waals surface area contributed by atoms with Gasteiger partial charge in [-0.1, -0.05) is 48.5 Å². The lowest BCUT2D eigenvalue weighted by molar-refractivity contribution is -0.149. The first kappa shape index (κ1) is 23.4. The lowest BCUT2D eigenvalue weighted by Gasteiger charge is -2.38. The number of carboxylic acid groups (broad SMARTS) is 1. The zero-order valence-electron chi connectivity index (χ0n) is 19.7. The molecule has 8 heteroatoms. The van der Waals surface area contributed by atoms with Gasteiger partial charge in [-0.05, 0) is 42.0 Å². The van der Waals surface area contributed by atoms with Crippen LogP contribution in [-0.2, 0) is 19.1 Å². The molecule has 2 aliphatic heterocycles. The van der Waals surface area contributed by atoms with Crippen molar-refractivity contribution in [2.75, 3.05) is 26.4 Å². The number of piperidine rings is 1. The van der Waals surface area contributed by atoms with Crippen LogP contribution < -0.4 is 5.32 Å². The zero-order chi connectivity index (χ0) is 24.5. The highest BCUT2D eigenvalue weighted by molar-refractivity contribution is 5.82. The number of hydrogen-bond acceptors (Lipinski definition) is 5. The second-order valence-corrected chi connectivity index (χ2v) is 9.66. The van der Waals surface area contributed by atoms with Crippen molar-refractivity contribution < 1.29 is 29.0 Å². The van der Waals surface area contributed by atoms with E-state index in [0.717, 1.165) is 22.3 Å². The van der Waals surface area contributed by atoms with Crippen molar-refractivity contribution in [3.8, 4) is 11.1 Å². The van der Waals surface area contributed by atoms with E-state index in [0.29, 0.717) is 19.4 Å². The van der Waals surface area contributed by atoms with Gasteiger partial charge in [0.05, 0.1) is 31.1 Å². The van der Waals surface area contributed by atoms with Crippen molar-refractivity contribution in [2.24, 2.45) is 11.8 Å². The van der Waals surface area contributed by atoms with Gasteiger partial charge in [-0.2, -0.15) is 0 Å². The van der Waals surface area contributed by atoms with Crippen LogP contribution in [0.25, 0.3) is 11.1 Å². The Labute approximate surface area is 204 Å². The smallest absolute Gasteiger partial charge is 0.407 e. The number of hydrogen-bond donors (Lipinski definition) is 2. The summed E-state index contributed by atoms with van der Waals surface area (Å²) in [5.74, 6) is -1.91. The number of rotatable bonds is 5. The zero-order valence-corrected chi connectivity index (χ0v) is 19.7. The second-order valence-electron chi connectivity index (χ2n) is 9.66. The van der Waals surface area contributed by atoms with Gasteiger partial charge in [-0.15, -0.1) is 0 Å². The molecule has 2 aromatic rings. The summed E-state index contributed by atoms with van der Waals surface area (Å²) in [7, 11) is 0. The number of likely N-dealkylation sites (tertiary alicyclic amines) is 1. The van der Waals surface area contributed by atoms with Crippen molar-refractivity contribution >= 4 is 18.0 Å². The molecule has 8 nitrogen and oxygen atoms in total. The Hall–Kier alpha value is -3.39. The van der Waals surface area contributed by atoms with E-state index in [9.17, 15) is 19.5 Å². The Balaban J connectivity index is 1.20. The van der Waals surface area contributed by atoms with Crippen LogP contribution in [0.4, 0.5) is 4.79 Å². The van der Waals surface area contributed by atoms with E-state index in [1.807, 2.05) is 31.2 Å². The molecule has 0 spiro atoms. The lowest BCUT2D eigenvalue weighted by Crippen LogP contribution is -2.52. The highest BCUT2D eigenvalue weighted by Crippen LogP contribution is 2.44. The number of alkyl carbamates (subject to hydrolysis) is 1. The molecule has 0 saturated carbocycles. The Morgan fingerprint density at radius 1 is 1.06 bits per heavy atom. The number of benzene rings is 2. The fraction of sp³-hybridized carbons (Fsp3) is 0.444. The maximum absolute atomic E-state index is 13.2. The molecule has 5 rings (SSSR count). The second kappa shape index (κ2) is 9.70. The van der Waals surface area contributed by atoms with Gasteiger partial charge in [0.1, 0.15) is 6.61 Å². The molecule has 2 aromatic carbocycles. The van der Waals surface area contributed by atoms with Crippen molar-refractivity contribution in [3.05, 3.63) is 59.7 Å². The Kier molecular flexibility index (Phi) is 6.47. The normalized spacial score (nSPS) is 25.6. The highest BCUT2D eigenvalue weighted by Gasteiger charge is 2.41. The maximum Gasteiger partial charge on any atom is 0.407 e. The van der Waals surface area contributed by atoms with Crippen LogP contribution in [0.5, 0.6) is 0 Å². The number of carbonyl (C=O) groups is 3. The first-order valence-electron chi connectivity index (χ1n) is 12.2. The van der Waals surface area contributed by atoms with Crippen LogP contribution in [0.3, 0.4) is 0 Å². The number of ether oxygens (including phenoxy) is 2. The molecule has 3 aliphatic rings. The van der Waals surface area contributed by atoms with Crippen LogP contribution in [0.2, 0.25) is 0 Å². The van der Waals surface area contributed by atoms with E-state index >= 15 is 0 Å². The topological polar surface area (TPSA) is 105 Å². The molecule has 184 valence electrons. The van der Waals surface area contributed by atoms with Crippen LogP contribution in [0, 0.1) is 11.8 Å². The van der Waals surface area contributed by atoms with E-state index < -0.39 is 29.9 Å². The van der Waals surface area contributed by atoms with Gasteiger partial charge in [-0.25, -0.2) is 4.79 Å². The quantitative estimate of drug-likeness (QED) is 0.684. The van der Waals surface area contributed by atoms with E-state index in [4.69, 9.17) is 9.47 Å². The van der Waals surface area contributed by atoms with Gasteiger partial charge in [0.25, 0.3) is 0 Å². The van der Waals surface area contributed by atoms with Crippen molar-refractivity contribution in [3.63, 3.8) is 0 Å². The molecular weight excluding hydrogens is 448 g/mol. The molecule has 4 unspecified atom stereocenters. The molecule has 2 N–H and O–H groups in total. The molecule has 2 saturated heterocycles. The van der Waals surface area contributed by atoms with Crippen LogP contribution >= 0.6 is 0 Å². The summed E-state index contributed by atoms with van der Waals surface area (Å²) in [5, 5.41) is 12.1. The van der Waals surface area contributed by atoms with Gasteiger partial charge in [0, 0.05) is 18.5 Å². The number of amides is 2. The predicted molar refractivity (Wildman–Crippen MR) is 128 cm³/mol. The summed E-state index contributed by atoms with van der Waals surface area (Å²) < 4.78 is 11.2. The minimum absolute atomic E-state index is 0.0400. The van der Waals surface area contributed by atoms with Gasteiger partial charge in [0.2, 0.25) is 5.91 Å². The highest BCUT2D eigenvalue weighted by atomic mass is 16.5. The minimum atomic E-state index is -0.817. The number of carboxylic acids is 1. The van der Waals surface area contributed by atoms with Crippen molar-refractivity contribution in [2.45, 2.75) is 37.8 Å². The Morgan fingerprint density at radius 3 is 2.34 bits per heavy atom. The summed E-state index contributed by atoms with van der Waals surface area (Å²) in [6.45, 7) is 2.92. The molecule has 2 fully saturated rings. The fourth-order valence-electron chi connectivity index (χ4n) is 5.67. The molecule has 2 heterocycles. The summed E-state index contributed by atoms with van der Waals surface area (Å²) in [4.78, 5) is 39.0. The molecule has 4 atom stereocenters. The van der Waals surface area contributed by atoms with Crippen molar-refractivity contribution in [1.29, 1.82) is 0 Å². The monoisotopic (exact) mass is 478 g/mol. The third kappa shape index (κ3) is 4.50. The third-order valence-electron chi connectivity index (χ3n) is 7.55. The average molecular weight is 479 g/mol. The van der Waals surface area contributed by atoms with Gasteiger partial charge in [0.15, 0.2) is 0 Å². The summed E-state index contributed by atoms with van der Waals surface area (Å²) in [6, 6.07) is 15.6. The predicted octanol–water partition coefficient (Wildman–Crippen LogP) is 3.25. The first-order chi connectivity index (χ1) is 16.9. The van der Waals surface area contributed by atoms with Crippen molar-refractivity contribution in [1.82, 2.24) is 10.2 Å². The minimum Gasteiger partial charge on any atom is -0.481 e. The number of carbonyl (C=O) groups excluding carboxylic acids is 2. The standard InChI is InChI=1S/C27H30N2O6/c1-16-12-17(26(31)32)10-11-29(16)25(30)23-13-34-15-24(23)28-27(33)35-14-22-20-8-4-2-6-18(20)19-7-3-5-9-21(19)22/h2-9,16-17,22-24H,10-15H2,1H3,(H,28,33)(H,31,32). The molecule has 2 amide bonds. The number of nitrogens with one attached hydrogen (secondary N) is 1. The average Bonchev–Trinajstić information content (AvgIpc) is 3.44. The third-order valence-corrected chi connectivity index (χ3v) is 7.55. The molecule has 0 radical (unpaired) electrons. The number of nitrogens with zero attached hydrogens (tertiary/aromatic N) is 1. The summed E-state index contributed by atoms with van der Waals surface area (Å²) >= 11 is 0. The van der Waals surface area contributed by atoms with E-state index in [1.54, 1.807) is 4.90 Å². The van der Waals surface area contributed by atoms with Gasteiger partial charge < -0.3 is 24.8 Å². The molecule has 35 heavy (non-hydrogen) atoms. The van der Waals surface area contributed by atoms with Crippen LogP contribution in [0.15, 0.2) is 48.5 Å². The summed E-state index contributed by atoms with van der Waals surface area (Å²) in [6.07, 6.45) is 0.292. The lowest BCUT2D eigenvalue weighted by atomic mass is 9.90. The van der Waals surface area contributed by atoms with Gasteiger partial charge >= 0.3 is 12.1 Å². The van der Waals surface area contributed by atoms with E-state index in [1.165, 1.54) is 0 Å². The SMILES string of the molecule is CC1CC(C(=O)O)CCN1C(=O)C1COCC1NC(=O)OCC1c2ccccc2-c2ccccc21. The molecule has 0 aromatic heterocycles. The Bertz CT molecular complexity index is 1090. The molecule has 1 aliphatic carbocycles. The van der Waals surface area contributed by atoms with Gasteiger partial charge in [-0.3, -0.25) is 9.59 Å². The van der Waals surface area contributed by atoms with Crippen LogP contribution in [-0.4, -0.2) is 66.4 Å². The maximum atomic E-state index is 13.2.